The van der Waals surface area contributed by atoms with Crippen LogP contribution in [0.15, 0.2) is 22.8 Å². The Labute approximate surface area is 113 Å². The standard InChI is InChI=1S/C12H12N2O4S/c1-13-6(2-3-9(13)15)4-7-10(16)14-8(12(17)18)5-19-11(7)14/h4-6,11H,2-3H2,1H3,(H,17,18)/b7-4-. The molecule has 0 spiro atoms. The third-order valence-corrected chi connectivity index (χ3v) is 4.75. The van der Waals surface area contributed by atoms with Crippen LogP contribution in [0, 0.1) is 0 Å². The summed E-state index contributed by atoms with van der Waals surface area (Å²) in [5, 5.41) is 10.2. The largest absolute Gasteiger partial charge is 0.477 e. The van der Waals surface area contributed by atoms with Gasteiger partial charge in [0, 0.05) is 24.4 Å². The summed E-state index contributed by atoms with van der Waals surface area (Å²) in [5.41, 5.74) is 0.636. The van der Waals surface area contributed by atoms with Gasteiger partial charge < -0.3 is 10.0 Å². The second kappa shape index (κ2) is 4.12. The molecule has 0 aromatic carbocycles. The van der Waals surface area contributed by atoms with E-state index >= 15 is 0 Å². The molecule has 19 heavy (non-hydrogen) atoms. The summed E-state index contributed by atoms with van der Waals surface area (Å²) in [7, 11) is 1.72. The van der Waals surface area contributed by atoms with E-state index in [0.29, 0.717) is 18.4 Å². The summed E-state index contributed by atoms with van der Waals surface area (Å²) >= 11 is 1.32. The van der Waals surface area contributed by atoms with Gasteiger partial charge in [-0.25, -0.2) is 4.79 Å². The van der Waals surface area contributed by atoms with Crippen molar-refractivity contribution in [1.29, 1.82) is 0 Å². The molecular formula is C12H12N2O4S. The van der Waals surface area contributed by atoms with E-state index in [4.69, 9.17) is 5.11 Å². The normalized spacial score (nSPS) is 31.6. The van der Waals surface area contributed by atoms with Crippen LogP contribution in [-0.4, -0.2) is 51.2 Å². The van der Waals surface area contributed by atoms with Crippen LogP contribution >= 0.6 is 11.8 Å². The Kier molecular flexibility index (Phi) is 2.67. The summed E-state index contributed by atoms with van der Waals surface area (Å²) in [6, 6.07) is -0.0527. The number of rotatable bonds is 2. The van der Waals surface area contributed by atoms with Crippen molar-refractivity contribution >= 4 is 29.5 Å². The van der Waals surface area contributed by atoms with E-state index in [1.54, 1.807) is 18.0 Å². The van der Waals surface area contributed by atoms with E-state index in [-0.39, 0.29) is 28.9 Å². The number of nitrogens with zero attached hydrogens (tertiary/aromatic N) is 2. The molecule has 7 heteroatoms. The highest BCUT2D eigenvalue weighted by Crippen LogP contribution is 2.44. The zero-order chi connectivity index (χ0) is 13.7. The number of hydrogen-bond acceptors (Lipinski definition) is 4. The average Bonchev–Trinajstić information content (AvgIpc) is 2.90. The van der Waals surface area contributed by atoms with Crippen LogP contribution in [-0.2, 0) is 14.4 Å². The lowest BCUT2D eigenvalue weighted by Gasteiger charge is -2.38. The number of likely N-dealkylation sites (N-methyl/N-ethyl adjacent to an activating group) is 1. The van der Waals surface area contributed by atoms with E-state index in [1.807, 2.05) is 0 Å². The topological polar surface area (TPSA) is 77.9 Å². The van der Waals surface area contributed by atoms with Crippen LogP contribution in [0.1, 0.15) is 12.8 Å². The minimum Gasteiger partial charge on any atom is -0.477 e. The minimum absolute atomic E-state index is 0.0352. The van der Waals surface area contributed by atoms with Crippen LogP contribution in [0.2, 0.25) is 0 Å². The van der Waals surface area contributed by atoms with E-state index in [1.165, 1.54) is 22.1 Å². The van der Waals surface area contributed by atoms with Crippen molar-refractivity contribution in [2.24, 2.45) is 0 Å². The highest BCUT2D eigenvalue weighted by atomic mass is 32.2. The molecule has 2 fully saturated rings. The SMILES string of the molecule is CN1C(=O)CCC1/C=C1/C(=O)N2C(C(=O)O)=CSC12. The fraction of sp³-hybridized carbons (Fsp3) is 0.417. The molecule has 0 saturated carbocycles. The van der Waals surface area contributed by atoms with Crippen molar-refractivity contribution in [2.45, 2.75) is 24.3 Å². The Hall–Kier alpha value is -1.76. The Morgan fingerprint density at radius 2 is 2.26 bits per heavy atom. The number of fused-ring (bicyclic) bond motifs is 1. The Morgan fingerprint density at radius 1 is 1.53 bits per heavy atom. The first kappa shape index (κ1) is 12.3. The lowest BCUT2D eigenvalue weighted by atomic mass is 10.0. The predicted molar refractivity (Wildman–Crippen MR) is 67.8 cm³/mol. The Bertz CT molecular complexity index is 554. The number of amides is 2. The summed E-state index contributed by atoms with van der Waals surface area (Å²) < 4.78 is 0. The summed E-state index contributed by atoms with van der Waals surface area (Å²) in [4.78, 5) is 37.3. The van der Waals surface area contributed by atoms with E-state index < -0.39 is 5.97 Å². The molecule has 0 bridgehead atoms. The van der Waals surface area contributed by atoms with Crippen LogP contribution in [0.4, 0.5) is 0 Å². The van der Waals surface area contributed by atoms with Gasteiger partial charge in [0.1, 0.15) is 11.1 Å². The lowest BCUT2D eigenvalue weighted by molar-refractivity contribution is -0.141. The minimum atomic E-state index is -1.09. The zero-order valence-corrected chi connectivity index (χ0v) is 11.0. The number of carbonyl (C=O) groups is 3. The summed E-state index contributed by atoms with van der Waals surface area (Å²) in [6.07, 6.45) is 3.02. The number of hydrogen-bond donors (Lipinski definition) is 1. The first-order valence-corrected chi connectivity index (χ1v) is 6.85. The molecule has 100 valence electrons. The molecule has 3 heterocycles. The van der Waals surface area contributed by atoms with Crippen molar-refractivity contribution in [3.8, 4) is 0 Å². The van der Waals surface area contributed by atoms with E-state index in [9.17, 15) is 14.4 Å². The second-order valence-corrected chi connectivity index (χ2v) is 5.66. The van der Waals surface area contributed by atoms with Crippen LogP contribution in [0.25, 0.3) is 0 Å². The molecule has 0 aromatic rings. The van der Waals surface area contributed by atoms with Gasteiger partial charge in [-0.1, -0.05) is 6.08 Å². The molecular weight excluding hydrogens is 268 g/mol. The highest BCUT2D eigenvalue weighted by Gasteiger charge is 2.50. The number of likely N-dealkylation sites (tertiary alicyclic amines) is 1. The van der Waals surface area contributed by atoms with Gasteiger partial charge in [-0.05, 0) is 6.42 Å². The van der Waals surface area contributed by atoms with Crippen LogP contribution in [0.3, 0.4) is 0 Å². The molecule has 1 N–H and O–H groups in total. The highest BCUT2D eigenvalue weighted by molar-refractivity contribution is 8.03. The van der Waals surface area contributed by atoms with Crippen molar-refractivity contribution < 1.29 is 19.5 Å². The van der Waals surface area contributed by atoms with Crippen molar-refractivity contribution in [3.05, 3.63) is 22.8 Å². The molecule has 0 aromatic heterocycles. The van der Waals surface area contributed by atoms with Gasteiger partial charge in [0.15, 0.2) is 0 Å². The fourth-order valence-corrected chi connectivity index (χ4v) is 3.64. The first-order chi connectivity index (χ1) is 9.00. The molecule has 3 rings (SSSR count). The number of carbonyl (C=O) groups excluding carboxylic acids is 2. The maximum atomic E-state index is 12.0. The summed E-state index contributed by atoms with van der Waals surface area (Å²) in [6.45, 7) is 0. The van der Waals surface area contributed by atoms with Gasteiger partial charge in [-0.2, -0.15) is 0 Å². The fourth-order valence-electron chi connectivity index (χ4n) is 2.52. The molecule has 2 atom stereocenters. The maximum Gasteiger partial charge on any atom is 0.353 e. The Balaban J connectivity index is 1.79. The monoisotopic (exact) mass is 280 g/mol. The van der Waals surface area contributed by atoms with Gasteiger partial charge in [0.2, 0.25) is 5.91 Å². The van der Waals surface area contributed by atoms with Gasteiger partial charge in [-0.3, -0.25) is 14.5 Å². The third kappa shape index (κ3) is 1.68. The molecule has 0 radical (unpaired) electrons. The number of carboxylic acid groups (broad SMARTS) is 1. The van der Waals surface area contributed by atoms with Crippen LogP contribution < -0.4 is 0 Å². The van der Waals surface area contributed by atoms with E-state index in [0.717, 1.165) is 0 Å². The number of β-lactam (4-membered cyclic amide) rings is 1. The quantitative estimate of drug-likeness (QED) is 0.584. The zero-order valence-electron chi connectivity index (χ0n) is 10.2. The molecule has 2 unspecified atom stereocenters. The molecule has 0 aliphatic carbocycles. The van der Waals surface area contributed by atoms with Crippen molar-refractivity contribution in [3.63, 3.8) is 0 Å². The third-order valence-electron chi connectivity index (χ3n) is 3.67. The molecule has 3 aliphatic heterocycles. The average molecular weight is 280 g/mol. The maximum absolute atomic E-state index is 12.0. The molecule has 6 nitrogen and oxygen atoms in total. The number of aliphatic carboxylic acids is 1. The second-order valence-electron chi connectivity index (χ2n) is 4.70. The smallest absolute Gasteiger partial charge is 0.353 e. The van der Waals surface area contributed by atoms with Crippen molar-refractivity contribution in [1.82, 2.24) is 9.80 Å². The van der Waals surface area contributed by atoms with Gasteiger partial charge in [0.25, 0.3) is 5.91 Å². The molecule has 2 amide bonds. The molecule has 2 saturated heterocycles. The number of carboxylic acids is 1. The predicted octanol–water partition coefficient (Wildman–Crippen LogP) is 0.375. The summed E-state index contributed by atoms with van der Waals surface area (Å²) in [5.74, 6) is -1.28. The Morgan fingerprint density at radius 3 is 2.84 bits per heavy atom. The van der Waals surface area contributed by atoms with Gasteiger partial charge in [-0.15, -0.1) is 11.8 Å². The van der Waals surface area contributed by atoms with E-state index in [2.05, 4.69) is 0 Å². The lowest BCUT2D eigenvalue weighted by Crippen LogP contribution is -2.51. The number of thioether (sulfide) groups is 1. The van der Waals surface area contributed by atoms with Gasteiger partial charge in [0.05, 0.1) is 6.04 Å². The van der Waals surface area contributed by atoms with Crippen LogP contribution in [0.5, 0.6) is 0 Å². The van der Waals surface area contributed by atoms with Crippen molar-refractivity contribution in [2.75, 3.05) is 7.05 Å². The van der Waals surface area contributed by atoms with Gasteiger partial charge >= 0.3 is 5.97 Å². The first-order valence-electron chi connectivity index (χ1n) is 5.90. The molecule has 3 aliphatic rings.